The zero-order chi connectivity index (χ0) is 15.0. The second-order valence-corrected chi connectivity index (χ2v) is 5.44. The summed E-state index contributed by atoms with van der Waals surface area (Å²) in [6.07, 6.45) is -2.54. The summed E-state index contributed by atoms with van der Waals surface area (Å²) in [6.45, 7) is 1.70. The summed E-state index contributed by atoms with van der Waals surface area (Å²) in [5.74, 6) is -0.151. The molecule has 3 N–H and O–H groups in total. The largest absolute Gasteiger partial charge is 0.416 e. The Morgan fingerprint density at radius 1 is 1.40 bits per heavy atom. The molecule has 1 aromatic carbocycles. The van der Waals surface area contributed by atoms with Crippen molar-refractivity contribution in [2.24, 2.45) is 11.7 Å². The molecule has 20 heavy (non-hydrogen) atoms. The minimum absolute atomic E-state index is 0.0439. The second-order valence-electron chi connectivity index (χ2n) is 5.44. The smallest absolute Gasteiger partial charge is 0.350 e. The Hall–Kier alpha value is -1.56. The predicted octanol–water partition coefficient (Wildman–Crippen LogP) is 2.45. The minimum atomic E-state index is -4.38. The predicted molar refractivity (Wildman–Crippen MR) is 68.6 cm³/mol. The first-order valence-electron chi connectivity index (χ1n) is 6.44. The highest BCUT2D eigenvalue weighted by Crippen LogP contribution is 2.38. The molecule has 1 atom stereocenters. The topological polar surface area (TPSA) is 55.1 Å². The third kappa shape index (κ3) is 3.30. The summed E-state index contributed by atoms with van der Waals surface area (Å²) in [6, 6.07) is 4.90. The van der Waals surface area contributed by atoms with Crippen molar-refractivity contribution in [2.75, 3.05) is 0 Å². The molecule has 1 unspecified atom stereocenters. The first-order chi connectivity index (χ1) is 9.21. The van der Waals surface area contributed by atoms with Crippen LogP contribution < -0.4 is 11.1 Å². The molecular weight excluding hydrogens is 269 g/mol. The molecule has 0 aliphatic heterocycles. The average Bonchev–Trinajstić information content (AvgIpc) is 3.19. The fourth-order valence-electron chi connectivity index (χ4n) is 2.10. The molecule has 1 aliphatic carbocycles. The fourth-order valence-corrected chi connectivity index (χ4v) is 2.10. The molecule has 0 heterocycles. The molecular formula is C14H17F3N2O. The number of halogens is 3. The molecule has 3 nitrogen and oxygen atoms in total. The lowest BCUT2D eigenvalue weighted by Gasteiger charge is -2.23. The number of nitrogens with two attached hydrogens (primary N) is 1. The molecule has 1 aromatic rings. The lowest BCUT2D eigenvalue weighted by molar-refractivity contribution is -0.137. The van der Waals surface area contributed by atoms with Crippen molar-refractivity contribution in [3.8, 4) is 0 Å². The van der Waals surface area contributed by atoms with Crippen molar-refractivity contribution in [1.29, 1.82) is 0 Å². The van der Waals surface area contributed by atoms with E-state index in [2.05, 4.69) is 5.32 Å². The zero-order valence-electron chi connectivity index (χ0n) is 11.1. The van der Waals surface area contributed by atoms with Gasteiger partial charge >= 0.3 is 6.18 Å². The van der Waals surface area contributed by atoms with Crippen LogP contribution in [0.15, 0.2) is 24.3 Å². The van der Waals surface area contributed by atoms with Crippen LogP contribution >= 0.6 is 0 Å². The van der Waals surface area contributed by atoms with E-state index < -0.39 is 17.3 Å². The van der Waals surface area contributed by atoms with Crippen LogP contribution in [0, 0.1) is 5.92 Å². The van der Waals surface area contributed by atoms with Crippen LogP contribution in [0.4, 0.5) is 13.2 Å². The highest BCUT2D eigenvalue weighted by molar-refractivity contribution is 5.86. The fraction of sp³-hybridized carbons (Fsp3) is 0.500. The third-order valence-corrected chi connectivity index (χ3v) is 3.62. The molecule has 2 rings (SSSR count). The Balaban J connectivity index is 1.99. The van der Waals surface area contributed by atoms with Gasteiger partial charge in [0.25, 0.3) is 0 Å². The molecule has 0 bridgehead atoms. The van der Waals surface area contributed by atoms with E-state index in [9.17, 15) is 18.0 Å². The van der Waals surface area contributed by atoms with Crippen molar-refractivity contribution in [1.82, 2.24) is 5.32 Å². The number of carbonyl (C=O) groups is 1. The first-order valence-corrected chi connectivity index (χ1v) is 6.44. The molecule has 1 fully saturated rings. The molecule has 6 heteroatoms. The number of rotatable bonds is 4. The number of hydrogen-bond acceptors (Lipinski definition) is 2. The number of amides is 1. The molecule has 0 radical (unpaired) electrons. The van der Waals surface area contributed by atoms with Crippen LogP contribution in [0.2, 0.25) is 0 Å². The van der Waals surface area contributed by atoms with E-state index in [-0.39, 0.29) is 18.4 Å². The lowest BCUT2D eigenvalue weighted by Crippen LogP contribution is -2.53. The second kappa shape index (κ2) is 5.09. The summed E-state index contributed by atoms with van der Waals surface area (Å²) >= 11 is 0. The Bertz CT molecular complexity index is 507. The zero-order valence-corrected chi connectivity index (χ0v) is 11.1. The standard InChI is InChI=1S/C14H17F3N2O/c1-13(18,10-5-6-10)12(20)19-8-9-3-2-4-11(7-9)14(15,16)17/h2-4,7,10H,5-6,8,18H2,1H3,(H,19,20). The maximum Gasteiger partial charge on any atom is 0.416 e. The molecule has 1 aliphatic rings. The summed E-state index contributed by atoms with van der Waals surface area (Å²) < 4.78 is 37.7. The van der Waals surface area contributed by atoms with Crippen molar-refractivity contribution in [3.63, 3.8) is 0 Å². The van der Waals surface area contributed by atoms with Gasteiger partial charge in [-0.3, -0.25) is 4.79 Å². The van der Waals surface area contributed by atoms with Crippen molar-refractivity contribution in [2.45, 2.75) is 38.0 Å². The van der Waals surface area contributed by atoms with Gasteiger partial charge in [0.2, 0.25) is 5.91 Å². The molecule has 1 amide bonds. The normalized spacial score (nSPS) is 18.4. The van der Waals surface area contributed by atoms with E-state index in [0.29, 0.717) is 5.56 Å². The van der Waals surface area contributed by atoms with Gasteiger partial charge in [-0.05, 0) is 43.4 Å². The van der Waals surface area contributed by atoms with Crippen LogP contribution in [0.3, 0.4) is 0 Å². The van der Waals surface area contributed by atoms with E-state index in [1.165, 1.54) is 6.07 Å². The van der Waals surface area contributed by atoms with E-state index in [4.69, 9.17) is 5.73 Å². The third-order valence-electron chi connectivity index (χ3n) is 3.62. The van der Waals surface area contributed by atoms with Gasteiger partial charge in [0.05, 0.1) is 11.1 Å². The Morgan fingerprint density at radius 2 is 2.05 bits per heavy atom. The molecule has 0 aromatic heterocycles. The van der Waals surface area contributed by atoms with E-state index >= 15 is 0 Å². The van der Waals surface area contributed by atoms with Gasteiger partial charge in [0.15, 0.2) is 0 Å². The van der Waals surface area contributed by atoms with Gasteiger partial charge < -0.3 is 11.1 Å². The number of alkyl halides is 3. The summed E-state index contributed by atoms with van der Waals surface area (Å²) in [4.78, 5) is 11.9. The van der Waals surface area contributed by atoms with Crippen LogP contribution in [-0.4, -0.2) is 11.4 Å². The quantitative estimate of drug-likeness (QED) is 0.893. The molecule has 110 valence electrons. The van der Waals surface area contributed by atoms with E-state index in [1.807, 2.05) is 0 Å². The number of carbonyl (C=O) groups excluding carboxylic acids is 1. The number of hydrogen-bond donors (Lipinski definition) is 2. The van der Waals surface area contributed by atoms with Gasteiger partial charge in [-0.2, -0.15) is 13.2 Å². The molecule has 0 spiro atoms. The van der Waals surface area contributed by atoms with Gasteiger partial charge in [-0.1, -0.05) is 12.1 Å². The lowest BCUT2D eigenvalue weighted by atomic mass is 9.96. The Kier molecular flexibility index (Phi) is 3.77. The summed E-state index contributed by atoms with van der Waals surface area (Å²) in [5, 5.41) is 2.61. The highest BCUT2D eigenvalue weighted by atomic mass is 19.4. The van der Waals surface area contributed by atoms with Crippen LogP contribution in [0.1, 0.15) is 30.9 Å². The van der Waals surface area contributed by atoms with Crippen molar-refractivity contribution in [3.05, 3.63) is 35.4 Å². The van der Waals surface area contributed by atoms with Gasteiger partial charge in [-0.15, -0.1) is 0 Å². The SMILES string of the molecule is CC(N)(C(=O)NCc1cccc(C(F)(F)F)c1)C1CC1. The van der Waals surface area contributed by atoms with Gasteiger partial charge in [0.1, 0.15) is 0 Å². The highest BCUT2D eigenvalue weighted by Gasteiger charge is 2.43. The number of benzene rings is 1. The minimum Gasteiger partial charge on any atom is -0.350 e. The maximum atomic E-state index is 12.6. The van der Waals surface area contributed by atoms with Crippen LogP contribution in [0.5, 0.6) is 0 Å². The molecule has 1 saturated carbocycles. The summed E-state index contributed by atoms with van der Waals surface area (Å²) in [5.41, 5.74) is 4.68. The summed E-state index contributed by atoms with van der Waals surface area (Å²) in [7, 11) is 0. The Morgan fingerprint density at radius 3 is 2.60 bits per heavy atom. The van der Waals surface area contributed by atoms with Crippen LogP contribution in [0.25, 0.3) is 0 Å². The van der Waals surface area contributed by atoms with E-state index in [0.717, 1.165) is 25.0 Å². The van der Waals surface area contributed by atoms with Gasteiger partial charge in [-0.25, -0.2) is 0 Å². The van der Waals surface area contributed by atoms with Crippen molar-refractivity contribution >= 4 is 5.91 Å². The monoisotopic (exact) mass is 286 g/mol. The molecule has 0 saturated heterocycles. The Labute approximate surface area is 115 Å². The average molecular weight is 286 g/mol. The first kappa shape index (κ1) is 14.8. The maximum absolute atomic E-state index is 12.6. The number of nitrogens with one attached hydrogen (secondary N) is 1. The van der Waals surface area contributed by atoms with Crippen molar-refractivity contribution < 1.29 is 18.0 Å². The van der Waals surface area contributed by atoms with Crippen LogP contribution in [-0.2, 0) is 17.5 Å². The van der Waals surface area contributed by atoms with E-state index in [1.54, 1.807) is 13.0 Å². The van der Waals surface area contributed by atoms with Gasteiger partial charge in [0, 0.05) is 6.54 Å².